The first-order chi connectivity index (χ1) is 10.7. The highest BCUT2D eigenvalue weighted by molar-refractivity contribution is 14.0. The third-order valence-electron chi connectivity index (χ3n) is 3.74. The third-order valence-corrected chi connectivity index (χ3v) is 3.74. The lowest BCUT2D eigenvalue weighted by atomic mass is 10.1. The molecule has 0 saturated carbocycles. The predicted molar refractivity (Wildman–Crippen MR) is 102 cm³/mol. The molecule has 2 rings (SSSR count). The van der Waals surface area contributed by atoms with Gasteiger partial charge in [-0.25, -0.2) is 4.39 Å². The molecular weight excluding hydrogens is 410 g/mol. The summed E-state index contributed by atoms with van der Waals surface area (Å²) in [6.45, 7) is 7.68. The Morgan fingerprint density at radius 2 is 2.04 bits per heavy atom. The fourth-order valence-electron chi connectivity index (χ4n) is 2.31. The van der Waals surface area contributed by atoms with Crippen molar-refractivity contribution in [3.05, 3.63) is 35.1 Å². The molecular formula is C16H26FIN4O. The van der Waals surface area contributed by atoms with Crippen LogP contribution in [-0.2, 0) is 11.3 Å². The molecule has 1 fully saturated rings. The number of aryl methyl sites for hydroxylation is 1. The summed E-state index contributed by atoms with van der Waals surface area (Å²) < 4.78 is 18.8. The molecule has 0 aromatic heterocycles. The van der Waals surface area contributed by atoms with Crippen molar-refractivity contribution in [1.29, 1.82) is 0 Å². The zero-order valence-corrected chi connectivity index (χ0v) is 16.1. The average molecular weight is 436 g/mol. The second kappa shape index (κ2) is 10.8. The van der Waals surface area contributed by atoms with E-state index < -0.39 is 0 Å². The van der Waals surface area contributed by atoms with Crippen LogP contribution in [-0.4, -0.2) is 57.3 Å². The number of ether oxygens (including phenoxy) is 1. The van der Waals surface area contributed by atoms with Crippen LogP contribution < -0.4 is 10.6 Å². The van der Waals surface area contributed by atoms with E-state index in [1.165, 1.54) is 0 Å². The van der Waals surface area contributed by atoms with Gasteiger partial charge in [0.2, 0.25) is 0 Å². The number of nitrogens with zero attached hydrogens (tertiary/aromatic N) is 2. The number of hydrogen-bond acceptors (Lipinski definition) is 3. The Bertz CT molecular complexity index is 507. The standard InChI is InChI=1S/C16H25FN4O.HI/c1-13-3-4-14(11-15(13)17)12-20-16(18-2)19-5-6-21-7-9-22-10-8-21;/h3-4,11H,5-10,12H2,1-2H3,(H2,18,19,20);1H. The number of guanidine groups is 1. The van der Waals surface area contributed by atoms with Gasteiger partial charge >= 0.3 is 0 Å². The van der Waals surface area contributed by atoms with Gasteiger partial charge in [-0.3, -0.25) is 9.89 Å². The average Bonchev–Trinajstić information content (AvgIpc) is 2.55. The van der Waals surface area contributed by atoms with E-state index in [1.54, 1.807) is 26.1 Å². The number of halogens is 2. The number of morpholine rings is 1. The summed E-state index contributed by atoms with van der Waals surface area (Å²) in [5, 5.41) is 6.47. The molecule has 5 nitrogen and oxygen atoms in total. The molecule has 1 heterocycles. The van der Waals surface area contributed by atoms with Crippen molar-refractivity contribution in [3.8, 4) is 0 Å². The van der Waals surface area contributed by atoms with Gasteiger partial charge < -0.3 is 15.4 Å². The van der Waals surface area contributed by atoms with Crippen LogP contribution in [0.4, 0.5) is 4.39 Å². The van der Waals surface area contributed by atoms with Crippen molar-refractivity contribution < 1.29 is 9.13 Å². The Morgan fingerprint density at radius 3 is 2.70 bits per heavy atom. The topological polar surface area (TPSA) is 48.9 Å². The molecule has 0 spiro atoms. The van der Waals surface area contributed by atoms with Gasteiger partial charge in [0.05, 0.1) is 13.2 Å². The molecule has 1 aliphatic heterocycles. The van der Waals surface area contributed by atoms with Gasteiger partial charge in [0, 0.05) is 39.8 Å². The van der Waals surface area contributed by atoms with Crippen molar-refractivity contribution in [3.63, 3.8) is 0 Å². The fraction of sp³-hybridized carbons (Fsp3) is 0.562. The first kappa shape index (κ1) is 20.1. The molecule has 2 N–H and O–H groups in total. The molecule has 0 amide bonds. The summed E-state index contributed by atoms with van der Waals surface area (Å²) in [4.78, 5) is 6.54. The van der Waals surface area contributed by atoms with Crippen molar-refractivity contribution in [1.82, 2.24) is 15.5 Å². The van der Waals surface area contributed by atoms with Crippen LogP contribution in [0, 0.1) is 12.7 Å². The molecule has 0 atom stereocenters. The number of benzene rings is 1. The fourth-order valence-corrected chi connectivity index (χ4v) is 2.31. The number of rotatable bonds is 5. The van der Waals surface area contributed by atoms with Gasteiger partial charge in [-0.05, 0) is 24.1 Å². The minimum absolute atomic E-state index is 0. The molecule has 1 aromatic rings. The summed E-state index contributed by atoms with van der Waals surface area (Å²) in [5.41, 5.74) is 1.57. The van der Waals surface area contributed by atoms with E-state index in [0.717, 1.165) is 50.9 Å². The summed E-state index contributed by atoms with van der Waals surface area (Å²) >= 11 is 0. The van der Waals surface area contributed by atoms with Crippen LogP contribution in [0.5, 0.6) is 0 Å². The van der Waals surface area contributed by atoms with E-state index in [0.29, 0.717) is 12.1 Å². The number of hydrogen-bond donors (Lipinski definition) is 2. The van der Waals surface area contributed by atoms with E-state index in [2.05, 4.69) is 20.5 Å². The normalized spacial score (nSPS) is 15.9. The van der Waals surface area contributed by atoms with Gasteiger partial charge in [-0.2, -0.15) is 0 Å². The summed E-state index contributed by atoms with van der Waals surface area (Å²) in [6, 6.07) is 5.27. The summed E-state index contributed by atoms with van der Waals surface area (Å²) in [6.07, 6.45) is 0. The monoisotopic (exact) mass is 436 g/mol. The maximum atomic E-state index is 13.5. The minimum Gasteiger partial charge on any atom is -0.379 e. The Hall–Kier alpha value is -0.930. The zero-order chi connectivity index (χ0) is 15.8. The zero-order valence-electron chi connectivity index (χ0n) is 13.8. The quantitative estimate of drug-likeness (QED) is 0.420. The Kier molecular flexibility index (Phi) is 9.42. The van der Waals surface area contributed by atoms with Crippen molar-refractivity contribution in [2.24, 2.45) is 4.99 Å². The van der Waals surface area contributed by atoms with Crippen LogP contribution >= 0.6 is 24.0 Å². The van der Waals surface area contributed by atoms with Crippen LogP contribution in [0.3, 0.4) is 0 Å². The molecule has 0 aliphatic carbocycles. The van der Waals surface area contributed by atoms with Crippen molar-refractivity contribution >= 4 is 29.9 Å². The molecule has 0 unspecified atom stereocenters. The van der Waals surface area contributed by atoms with Gasteiger partial charge in [0.15, 0.2) is 5.96 Å². The lowest BCUT2D eigenvalue weighted by molar-refractivity contribution is 0.0389. The Labute approximate surface area is 154 Å². The van der Waals surface area contributed by atoms with Crippen LogP contribution in [0.2, 0.25) is 0 Å². The molecule has 23 heavy (non-hydrogen) atoms. The predicted octanol–water partition coefficient (Wildman–Crippen LogP) is 1.75. The maximum absolute atomic E-state index is 13.5. The van der Waals surface area contributed by atoms with E-state index in [4.69, 9.17) is 4.74 Å². The van der Waals surface area contributed by atoms with Crippen LogP contribution in [0.25, 0.3) is 0 Å². The molecule has 0 bridgehead atoms. The van der Waals surface area contributed by atoms with Gasteiger partial charge in [0.25, 0.3) is 0 Å². The minimum atomic E-state index is -0.172. The van der Waals surface area contributed by atoms with Crippen LogP contribution in [0.15, 0.2) is 23.2 Å². The highest BCUT2D eigenvalue weighted by atomic mass is 127. The van der Waals surface area contributed by atoms with Gasteiger partial charge in [-0.1, -0.05) is 12.1 Å². The number of aliphatic imine (C=N–C) groups is 1. The van der Waals surface area contributed by atoms with E-state index in [-0.39, 0.29) is 29.8 Å². The Morgan fingerprint density at radius 1 is 1.30 bits per heavy atom. The molecule has 7 heteroatoms. The third kappa shape index (κ3) is 7.01. The second-order valence-corrected chi connectivity index (χ2v) is 5.39. The van der Waals surface area contributed by atoms with E-state index >= 15 is 0 Å². The van der Waals surface area contributed by atoms with Gasteiger partial charge in [-0.15, -0.1) is 24.0 Å². The van der Waals surface area contributed by atoms with Crippen LogP contribution in [0.1, 0.15) is 11.1 Å². The Balaban J connectivity index is 0.00000264. The van der Waals surface area contributed by atoms with E-state index in [9.17, 15) is 4.39 Å². The number of nitrogens with one attached hydrogen (secondary N) is 2. The summed E-state index contributed by atoms with van der Waals surface area (Å²) in [5.74, 6) is 0.559. The van der Waals surface area contributed by atoms with Crippen molar-refractivity contribution in [2.75, 3.05) is 46.4 Å². The molecule has 130 valence electrons. The van der Waals surface area contributed by atoms with E-state index in [1.807, 2.05) is 6.07 Å². The highest BCUT2D eigenvalue weighted by Gasteiger charge is 2.09. The lowest BCUT2D eigenvalue weighted by Gasteiger charge is -2.26. The molecule has 0 radical (unpaired) electrons. The highest BCUT2D eigenvalue weighted by Crippen LogP contribution is 2.08. The second-order valence-electron chi connectivity index (χ2n) is 5.39. The first-order valence-electron chi connectivity index (χ1n) is 7.68. The van der Waals surface area contributed by atoms with Crippen molar-refractivity contribution in [2.45, 2.75) is 13.5 Å². The first-order valence-corrected chi connectivity index (χ1v) is 7.68. The summed E-state index contributed by atoms with van der Waals surface area (Å²) in [7, 11) is 1.74. The maximum Gasteiger partial charge on any atom is 0.191 e. The van der Waals surface area contributed by atoms with Gasteiger partial charge in [0.1, 0.15) is 5.82 Å². The molecule has 1 aliphatic rings. The lowest BCUT2D eigenvalue weighted by Crippen LogP contribution is -2.44. The largest absolute Gasteiger partial charge is 0.379 e. The molecule has 1 aromatic carbocycles. The molecule has 1 saturated heterocycles. The smallest absolute Gasteiger partial charge is 0.191 e. The SMILES string of the molecule is CN=C(NCCN1CCOCC1)NCc1ccc(C)c(F)c1.I.